The first kappa shape index (κ1) is 20.2. The van der Waals surface area contributed by atoms with Crippen LogP contribution in [0.3, 0.4) is 0 Å². The van der Waals surface area contributed by atoms with Crippen molar-refractivity contribution in [1.29, 1.82) is 0 Å². The van der Waals surface area contributed by atoms with Gasteiger partial charge < -0.3 is 44.5 Å². The van der Waals surface area contributed by atoms with E-state index in [1.54, 1.807) is 0 Å². The van der Waals surface area contributed by atoms with E-state index in [2.05, 4.69) is 6.58 Å². The number of carbonyl (C=O) groups is 1. The minimum atomic E-state index is -1.60. The molecule has 2 heterocycles. The highest BCUT2D eigenvalue weighted by atomic mass is 16.8. The quantitative estimate of drug-likeness (QED) is 0.264. The van der Waals surface area contributed by atoms with Crippen LogP contribution < -0.4 is 0 Å². The van der Waals surface area contributed by atoms with Gasteiger partial charge in [-0.25, -0.2) is 4.79 Å². The van der Waals surface area contributed by atoms with Crippen molar-refractivity contribution in [1.82, 2.24) is 0 Å². The third-order valence-corrected chi connectivity index (χ3v) is 5.33. The van der Waals surface area contributed by atoms with E-state index in [-0.39, 0.29) is 12.0 Å². The Morgan fingerprint density at radius 2 is 1.93 bits per heavy atom. The van der Waals surface area contributed by atoms with Gasteiger partial charge in [-0.05, 0) is 12.0 Å². The summed E-state index contributed by atoms with van der Waals surface area (Å²) in [7, 11) is 1.23. The average molecular weight is 388 g/mol. The molecule has 5 N–H and O–H groups in total. The summed E-state index contributed by atoms with van der Waals surface area (Å²) in [4.78, 5) is 12.0. The molecule has 0 aromatic rings. The minimum absolute atomic E-state index is 0.225. The summed E-state index contributed by atoms with van der Waals surface area (Å²) >= 11 is 0. The first-order chi connectivity index (χ1) is 12.8. The number of hydrogen-bond acceptors (Lipinski definition) is 10. The van der Waals surface area contributed by atoms with Gasteiger partial charge in [0.25, 0.3) is 0 Å². The fraction of sp³-hybridized carbons (Fsp3) is 0.706. The predicted molar refractivity (Wildman–Crippen MR) is 86.6 cm³/mol. The second-order valence-electron chi connectivity index (χ2n) is 6.86. The monoisotopic (exact) mass is 388 g/mol. The number of esters is 1. The van der Waals surface area contributed by atoms with Gasteiger partial charge in [0.05, 0.1) is 37.6 Å². The Labute approximate surface area is 155 Å². The molecule has 152 valence electrons. The van der Waals surface area contributed by atoms with Crippen molar-refractivity contribution in [2.75, 3.05) is 13.7 Å². The Morgan fingerprint density at radius 3 is 2.56 bits per heavy atom. The number of aliphatic hydroxyl groups excluding tert-OH is 5. The molecule has 3 aliphatic rings. The number of rotatable bonds is 4. The Morgan fingerprint density at radius 1 is 1.22 bits per heavy atom. The summed E-state index contributed by atoms with van der Waals surface area (Å²) in [5.74, 6) is -1.69. The van der Waals surface area contributed by atoms with Gasteiger partial charge in [0.15, 0.2) is 6.29 Å². The van der Waals surface area contributed by atoms with E-state index < -0.39 is 67.5 Å². The van der Waals surface area contributed by atoms with E-state index >= 15 is 0 Å². The molecule has 0 amide bonds. The zero-order chi connectivity index (χ0) is 19.9. The van der Waals surface area contributed by atoms with Crippen molar-refractivity contribution in [2.45, 2.75) is 49.5 Å². The standard InChI is InChI=1S/C17H24O10/c1-6-9(19)3-7-8(15(23)24-2)5-25-16(11(6)7)27-17-14(22)13(21)12(20)10(4-18)26-17/h5,7,9-14,16-22H,1,3-4H2,2H3/t7-,9+,10+,11+,12+,13-,14+,16-,17-/m0/s1. The van der Waals surface area contributed by atoms with Gasteiger partial charge in [-0.1, -0.05) is 6.58 Å². The van der Waals surface area contributed by atoms with Crippen molar-refractivity contribution in [2.24, 2.45) is 11.8 Å². The minimum Gasteiger partial charge on any atom is -0.471 e. The van der Waals surface area contributed by atoms with Crippen LogP contribution in [0.2, 0.25) is 0 Å². The Kier molecular flexibility index (Phi) is 5.87. The number of hydrogen-bond donors (Lipinski definition) is 5. The van der Waals surface area contributed by atoms with Crippen molar-refractivity contribution in [3.05, 3.63) is 24.0 Å². The van der Waals surface area contributed by atoms with E-state index in [9.17, 15) is 30.3 Å². The molecule has 1 saturated carbocycles. The van der Waals surface area contributed by atoms with E-state index in [0.717, 1.165) is 0 Å². The Bertz CT molecular complexity index is 617. The maximum absolute atomic E-state index is 12.0. The van der Waals surface area contributed by atoms with E-state index in [1.165, 1.54) is 13.4 Å². The molecule has 0 radical (unpaired) electrons. The molecule has 0 aromatic carbocycles. The van der Waals surface area contributed by atoms with Gasteiger partial charge in [-0.15, -0.1) is 0 Å². The molecule has 27 heavy (non-hydrogen) atoms. The number of fused-ring (bicyclic) bond motifs is 1. The second-order valence-corrected chi connectivity index (χ2v) is 6.86. The van der Waals surface area contributed by atoms with Crippen LogP contribution in [-0.4, -0.2) is 88.3 Å². The third kappa shape index (κ3) is 3.49. The van der Waals surface area contributed by atoms with Crippen molar-refractivity contribution in [3.63, 3.8) is 0 Å². The highest BCUT2D eigenvalue weighted by Gasteiger charge is 2.52. The van der Waals surface area contributed by atoms with Crippen molar-refractivity contribution < 1.29 is 49.3 Å². The third-order valence-electron chi connectivity index (χ3n) is 5.33. The zero-order valence-corrected chi connectivity index (χ0v) is 14.7. The van der Waals surface area contributed by atoms with Crippen LogP contribution >= 0.6 is 0 Å². The van der Waals surface area contributed by atoms with Gasteiger partial charge in [0.2, 0.25) is 6.29 Å². The molecular weight excluding hydrogens is 364 g/mol. The maximum Gasteiger partial charge on any atom is 0.337 e. The highest BCUT2D eigenvalue weighted by Crippen LogP contribution is 2.46. The number of ether oxygens (including phenoxy) is 4. The van der Waals surface area contributed by atoms with Crippen LogP contribution in [0.5, 0.6) is 0 Å². The molecule has 2 fully saturated rings. The summed E-state index contributed by atoms with van der Waals surface area (Å²) < 4.78 is 21.2. The lowest BCUT2D eigenvalue weighted by atomic mass is 9.85. The largest absolute Gasteiger partial charge is 0.471 e. The normalized spacial score (nSPS) is 44.3. The lowest BCUT2D eigenvalue weighted by Crippen LogP contribution is -2.60. The molecule has 10 heteroatoms. The van der Waals surface area contributed by atoms with Gasteiger partial charge in [0, 0.05) is 5.92 Å². The van der Waals surface area contributed by atoms with Gasteiger partial charge in [0.1, 0.15) is 24.4 Å². The van der Waals surface area contributed by atoms with Crippen LogP contribution in [0.1, 0.15) is 6.42 Å². The fourth-order valence-corrected chi connectivity index (χ4v) is 3.76. The van der Waals surface area contributed by atoms with Crippen molar-refractivity contribution in [3.8, 4) is 0 Å². The fourth-order valence-electron chi connectivity index (χ4n) is 3.76. The molecule has 2 aliphatic heterocycles. The molecule has 0 aromatic heterocycles. The zero-order valence-electron chi connectivity index (χ0n) is 14.7. The molecule has 9 atom stereocenters. The van der Waals surface area contributed by atoms with Crippen LogP contribution in [0, 0.1) is 11.8 Å². The van der Waals surface area contributed by atoms with Gasteiger partial charge >= 0.3 is 5.97 Å². The number of aliphatic hydroxyl groups is 5. The SMILES string of the molecule is C=C1[C@H]2[C@H](O[C@@H]3O[C@H](CO)[C@@H](O)[C@H](O)[C@H]3O)OC=C(C(=O)OC)[C@@H]2C[C@H]1O. The lowest BCUT2D eigenvalue weighted by molar-refractivity contribution is -0.339. The molecule has 0 unspecified atom stereocenters. The maximum atomic E-state index is 12.0. The van der Waals surface area contributed by atoms with Crippen molar-refractivity contribution >= 4 is 5.97 Å². The van der Waals surface area contributed by atoms with Crippen LogP contribution in [0.4, 0.5) is 0 Å². The number of methoxy groups -OCH3 is 1. The summed E-state index contributed by atoms with van der Waals surface area (Å²) in [6, 6.07) is 0. The molecule has 1 saturated heterocycles. The molecular formula is C17H24O10. The highest BCUT2D eigenvalue weighted by molar-refractivity contribution is 5.89. The topological polar surface area (TPSA) is 155 Å². The molecule has 3 rings (SSSR count). The molecule has 0 bridgehead atoms. The molecule has 0 spiro atoms. The summed E-state index contributed by atoms with van der Waals surface area (Å²) in [5, 5.41) is 49.3. The molecule has 10 nitrogen and oxygen atoms in total. The van der Waals surface area contributed by atoms with Crippen LogP contribution in [0.15, 0.2) is 24.0 Å². The van der Waals surface area contributed by atoms with Crippen LogP contribution in [-0.2, 0) is 23.7 Å². The summed E-state index contributed by atoms with van der Waals surface area (Å²) in [5.41, 5.74) is 0.623. The second kappa shape index (κ2) is 7.84. The Balaban J connectivity index is 1.81. The first-order valence-corrected chi connectivity index (χ1v) is 8.56. The smallest absolute Gasteiger partial charge is 0.337 e. The lowest BCUT2D eigenvalue weighted by Gasteiger charge is -2.42. The van der Waals surface area contributed by atoms with E-state index in [0.29, 0.717) is 5.57 Å². The number of carbonyl (C=O) groups excluding carboxylic acids is 1. The first-order valence-electron chi connectivity index (χ1n) is 8.56. The molecule has 1 aliphatic carbocycles. The Hall–Kier alpha value is -1.53. The predicted octanol–water partition coefficient (Wildman–Crippen LogP) is -2.23. The van der Waals surface area contributed by atoms with Gasteiger partial charge in [-0.2, -0.15) is 0 Å². The summed E-state index contributed by atoms with van der Waals surface area (Å²) in [6.45, 7) is 3.24. The van der Waals surface area contributed by atoms with E-state index in [1.807, 2.05) is 0 Å². The average Bonchev–Trinajstić information content (AvgIpc) is 2.96. The van der Waals surface area contributed by atoms with Crippen LogP contribution in [0.25, 0.3) is 0 Å². The van der Waals surface area contributed by atoms with E-state index in [4.69, 9.17) is 18.9 Å². The summed E-state index contributed by atoms with van der Waals surface area (Å²) in [6.07, 6.45) is -7.82. The van der Waals surface area contributed by atoms with Gasteiger partial charge in [-0.3, -0.25) is 0 Å².